The maximum absolute atomic E-state index is 12.0. The number of H-pyrrole nitrogens is 1. The van der Waals surface area contributed by atoms with E-state index in [-0.39, 0.29) is 5.56 Å². The minimum absolute atomic E-state index is 0.0782. The molecule has 8 heteroatoms. The van der Waals surface area contributed by atoms with Crippen LogP contribution < -0.4 is 5.56 Å². The van der Waals surface area contributed by atoms with Crippen molar-refractivity contribution < 1.29 is 0 Å². The molecule has 2 heterocycles. The van der Waals surface area contributed by atoms with Crippen LogP contribution in [0.2, 0.25) is 0 Å². The van der Waals surface area contributed by atoms with Crippen LogP contribution in [0.4, 0.5) is 0 Å². The average molecular weight is 302 g/mol. The average Bonchev–Trinajstić information content (AvgIpc) is 3.04. The lowest BCUT2D eigenvalue weighted by atomic mass is 10.2. The van der Waals surface area contributed by atoms with Gasteiger partial charge in [-0.25, -0.2) is 9.36 Å². The summed E-state index contributed by atoms with van der Waals surface area (Å²) in [5, 5.41) is 15.0. The number of aromatic amines is 1. The quantitative estimate of drug-likeness (QED) is 0.734. The number of hydrogen-bond donors (Lipinski definition) is 1. The number of thioether (sulfide) groups is 1. The predicted molar refractivity (Wildman–Crippen MR) is 79.5 cm³/mol. The van der Waals surface area contributed by atoms with Crippen molar-refractivity contribution in [2.75, 3.05) is 0 Å². The summed E-state index contributed by atoms with van der Waals surface area (Å²) in [7, 11) is 1.78. The SMILES string of the molecule is Cc1ccc(-n2[nH]c(CSc3nnnn3C)cc2=O)cc1. The molecule has 0 amide bonds. The molecule has 0 saturated carbocycles. The van der Waals surface area contributed by atoms with Gasteiger partial charge >= 0.3 is 0 Å². The number of benzene rings is 1. The summed E-state index contributed by atoms with van der Waals surface area (Å²) in [4.78, 5) is 12.0. The molecule has 3 aromatic rings. The van der Waals surface area contributed by atoms with Gasteiger partial charge in [0.25, 0.3) is 5.56 Å². The van der Waals surface area contributed by atoms with Crippen LogP contribution in [0, 0.1) is 6.92 Å². The van der Waals surface area contributed by atoms with E-state index in [1.807, 2.05) is 31.2 Å². The molecule has 2 aromatic heterocycles. The molecule has 0 radical (unpaired) electrons. The van der Waals surface area contributed by atoms with Crippen LogP contribution in [0.5, 0.6) is 0 Å². The molecule has 0 aliphatic carbocycles. The third kappa shape index (κ3) is 2.89. The fourth-order valence-corrected chi connectivity index (χ4v) is 2.64. The van der Waals surface area contributed by atoms with E-state index in [0.29, 0.717) is 10.9 Å². The second kappa shape index (κ2) is 5.57. The zero-order valence-corrected chi connectivity index (χ0v) is 12.5. The molecule has 0 fully saturated rings. The molecule has 1 aromatic carbocycles. The highest BCUT2D eigenvalue weighted by Crippen LogP contribution is 2.17. The summed E-state index contributed by atoms with van der Waals surface area (Å²) in [6.07, 6.45) is 0. The molecule has 3 rings (SSSR count). The highest BCUT2D eigenvalue weighted by atomic mass is 32.2. The van der Waals surface area contributed by atoms with Crippen LogP contribution in [-0.4, -0.2) is 30.0 Å². The maximum Gasteiger partial charge on any atom is 0.271 e. The van der Waals surface area contributed by atoms with E-state index in [9.17, 15) is 4.79 Å². The summed E-state index contributed by atoms with van der Waals surface area (Å²) in [5.41, 5.74) is 2.73. The molecule has 0 unspecified atom stereocenters. The fourth-order valence-electron chi connectivity index (χ4n) is 1.89. The predicted octanol–water partition coefficient (Wildman–Crippen LogP) is 1.29. The van der Waals surface area contributed by atoms with Crippen molar-refractivity contribution in [3.63, 3.8) is 0 Å². The summed E-state index contributed by atoms with van der Waals surface area (Å²) in [6.45, 7) is 2.01. The number of hydrogen-bond acceptors (Lipinski definition) is 5. The van der Waals surface area contributed by atoms with E-state index in [4.69, 9.17) is 0 Å². The Bertz CT molecular complexity index is 801. The van der Waals surface area contributed by atoms with Gasteiger partial charge in [-0.05, 0) is 29.5 Å². The molecular weight excluding hydrogens is 288 g/mol. The van der Waals surface area contributed by atoms with Gasteiger partial charge in [0.05, 0.1) is 5.69 Å². The van der Waals surface area contributed by atoms with Crippen molar-refractivity contribution in [3.05, 3.63) is 51.9 Å². The van der Waals surface area contributed by atoms with E-state index in [1.165, 1.54) is 16.4 Å². The number of nitrogens with one attached hydrogen (secondary N) is 1. The molecule has 1 N–H and O–H groups in total. The number of tetrazole rings is 1. The number of aromatic nitrogens is 6. The molecule has 0 saturated heterocycles. The van der Waals surface area contributed by atoms with Crippen LogP contribution in [0.1, 0.15) is 11.3 Å². The smallest absolute Gasteiger partial charge is 0.271 e. The van der Waals surface area contributed by atoms with Gasteiger partial charge in [-0.3, -0.25) is 9.89 Å². The second-order valence-electron chi connectivity index (χ2n) is 4.66. The molecule has 0 bridgehead atoms. The van der Waals surface area contributed by atoms with Gasteiger partial charge in [-0.15, -0.1) is 5.10 Å². The molecule has 0 spiro atoms. The van der Waals surface area contributed by atoms with E-state index in [0.717, 1.165) is 16.9 Å². The Hall–Kier alpha value is -2.35. The first-order chi connectivity index (χ1) is 10.1. The second-order valence-corrected chi connectivity index (χ2v) is 5.61. The fraction of sp³-hybridized carbons (Fsp3) is 0.231. The molecule has 7 nitrogen and oxygen atoms in total. The van der Waals surface area contributed by atoms with Gasteiger partial charge < -0.3 is 0 Å². The maximum atomic E-state index is 12.0. The topological polar surface area (TPSA) is 81.4 Å². The minimum atomic E-state index is -0.0782. The van der Waals surface area contributed by atoms with Crippen molar-refractivity contribution >= 4 is 11.8 Å². The first-order valence-electron chi connectivity index (χ1n) is 6.36. The van der Waals surface area contributed by atoms with Crippen LogP contribution in [0.15, 0.2) is 40.3 Å². The zero-order valence-electron chi connectivity index (χ0n) is 11.6. The molecule has 0 aliphatic rings. The van der Waals surface area contributed by atoms with Gasteiger partial charge in [0, 0.05) is 24.6 Å². The van der Waals surface area contributed by atoms with Crippen LogP contribution in [0.25, 0.3) is 5.69 Å². The third-order valence-electron chi connectivity index (χ3n) is 3.00. The molecular formula is C13H14N6OS. The highest BCUT2D eigenvalue weighted by Gasteiger charge is 2.08. The Morgan fingerprint density at radius 1 is 1.29 bits per heavy atom. The number of nitrogens with zero attached hydrogens (tertiary/aromatic N) is 5. The molecule has 21 heavy (non-hydrogen) atoms. The largest absolute Gasteiger partial charge is 0.294 e. The van der Waals surface area contributed by atoms with Gasteiger partial charge in [0.1, 0.15) is 0 Å². The Kier molecular flexibility index (Phi) is 3.61. The Balaban J connectivity index is 1.80. The van der Waals surface area contributed by atoms with Crippen LogP contribution in [0.3, 0.4) is 0 Å². The van der Waals surface area contributed by atoms with E-state index in [2.05, 4.69) is 20.6 Å². The Labute approximate surface area is 125 Å². The normalized spacial score (nSPS) is 11.0. The van der Waals surface area contributed by atoms with Gasteiger partial charge in [-0.1, -0.05) is 29.5 Å². The van der Waals surface area contributed by atoms with E-state index >= 15 is 0 Å². The summed E-state index contributed by atoms with van der Waals surface area (Å²) < 4.78 is 3.13. The first-order valence-corrected chi connectivity index (χ1v) is 7.35. The monoisotopic (exact) mass is 302 g/mol. The molecule has 0 atom stereocenters. The standard InChI is InChI=1S/C13H14N6OS/c1-9-3-5-11(6-4-9)19-12(20)7-10(15-19)8-21-13-14-16-17-18(13)2/h3-7,15H,8H2,1-2H3. The van der Waals surface area contributed by atoms with Crippen molar-refractivity contribution in [1.29, 1.82) is 0 Å². The highest BCUT2D eigenvalue weighted by molar-refractivity contribution is 7.98. The van der Waals surface area contributed by atoms with E-state index in [1.54, 1.807) is 17.8 Å². The van der Waals surface area contributed by atoms with Crippen molar-refractivity contribution in [2.24, 2.45) is 7.05 Å². The molecule has 0 aliphatic heterocycles. The summed E-state index contributed by atoms with van der Waals surface area (Å²) in [6, 6.07) is 9.37. The lowest BCUT2D eigenvalue weighted by molar-refractivity contribution is 0.664. The van der Waals surface area contributed by atoms with Gasteiger partial charge in [0.2, 0.25) is 5.16 Å². The van der Waals surface area contributed by atoms with E-state index < -0.39 is 0 Å². The van der Waals surface area contributed by atoms with Gasteiger partial charge in [-0.2, -0.15) is 0 Å². The third-order valence-corrected chi connectivity index (χ3v) is 4.06. The minimum Gasteiger partial charge on any atom is -0.294 e. The lowest BCUT2D eigenvalue weighted by Gasteiger charge is -2.02. The summed E-state index contributed by atoms with van der Waals surface area (Å²) >= 11 is 1.47. The van der Waals surface area contributed by atoms with Crippen molar-refractivity contribution in [1.82, 2.24) is 30.0 Å². The number of aryl methyl sites for hydroxylation is 2. The van der Waals surface area contributed by atoms with Crippen LogP contribution >= 0.6 is 11.8 Å². The Morgan fingerprint density at radius 2 is 2.05 bits per heavy atom. The van der Waals surface area contributed by atoms with Crippen molar-refractivity contribution in [3.8, 4) is 5.69 Å². The van der Waals surface area contributed by atoms with Crippen molar-refractivity contribution in [2.45, 2.75) is 17.8 Å². The summed E-state index contributed by atoms with van der Waals surface area (Å²) in [5.74, 6) is 0.600. The number of rotatable bonds is 4. The first kappa shape index (κ1) is 13.6. The molecule has 108 valence electrons. The van der Waals surface area contributed by atoms with Crippen LogP contribution in [-0.2, 0) is 12.8 Å². The lowest BCUT2D eigenvalue weighted by Crippen LogP contribution is -2.13. The van der Waals surface area contributed by atoms with Gasteiger partial charge in [0.15, 0.2) is 0 Å². The Morgan fingerprint density at radius 3 is 2.71 bits per heavy atom. The zero-order chi connectivity index (χ0) is 14.8.